The van der Waals surface area contributed by atoms with E-state index >= 15 is 0 Å². The zero-order valence-electron chi connectivity index (χ0n) is 10.2. The van der Waals surface area contributed by atoms with Crippen molar-refractivity contribution in [1.82, 2.24) is 0 Å². The Hall–Kier alpha value is -0.160. The van der Waals surface area contributed by atoms with E-state index in [9.17, 15) is 0 Å². The summed E-state index contributed by atoms with van der Waals surface area (Å²) in [5.41, 5.74) is 0. The summed E-state index contributed by atoms with van der Waals surface area (Å²) >= 11 is 0. The third-order valence-electron chi connectivity index (χ3n) is 1.59. The average Bonchev–Trinajstić information content (AvgIpc) is 2.19. The summed E-state index contributed by atoms with van der Waals surface area (Å²) in [4.78, 5) is 0. The second kappa shape index (κ2) is 9.09. The van der Waals surface area contributed by atoms with Crippen LogP contribution in [0.1, 0.15) is 34.1 Å². The molecule has 1 radical (unpaired) electrons. The van der Waals surface area contributed by atoms with Gasteiger partial charge in [-0.25, -0.2) is 0 Å². The fraction of sp³-hybridized carbons (Fsp3) is 0.909. The fourth-order valence-electron chi connectivity index (χ4n) is 1.11. The first-order chi connectivity index (χ1) is 7.24. The van der Waals surface area contributed by atoms with Gasteiger partial charge in [0.1, 0.15) is 0 Å². The van der Waals surface area contributed by atoms with Crippen LogP contribution in [0.3, 0.4) is 0 Å². The molecule has 0 N–H and O–H groups in total. The highest BCUT2D eigenvalue weighted by molar-refractivity contribution is 4.69. The van der Waals surface area contributed by atoms with Crippen molar-refractivity contribution in [2.75, 3.05) is 26.4 Å². The molecular weight excluding hydrogens is 196 g/mol. The predicted molar refractivity (Wildman–Crippen MR) is 58.2 cm³/mol. The van der Waals surface area contributed by atoms with Gasteiger partial charge < -0.3 is 18.9 Å². The van der Waals surface area contributed by atoms with E-state index in [1.165, 1.54) is 6.61 Å². The lowest BCUT2D eigenvalue weighted by atomic mass is 10.5. The third kappa shape index (κ3) is 6.10. The Morgan fingerprint density at radius 2 is 1.33 bits per heavy atom. The SMILES string of the molecule is CCCO[CH]C(OCC)(OCC)OCC. The molecule has 15 heavy (non-hydrogen) atoms. The summed E-state index contributed by atoms with van der Waals surface area (Å²) in [5.74, 6) is -1.15. The molecule has 0 saturated carbocycles. The number of rotatable bonds is 10. The van der Waals surface area contributed by atoms with E-state index in [0.717, 1.165) is 6.42 Å². The zero-order chi connectivity index (χ0) is 11.6. The van der Waals surface area contributed by atoms with Gasteiger partial charge in [0.2, 0.25) is 0 Å². The Bertz CT molecular complexity index is 122. The van der Waals surface area contributed by atoms with Gasteiger partial charge in [0, 0.05) is 26.4 Å². The van der Waals surface area contributed by atoms with Crippen LogP contribution in [0.15, 0.2) is 0 Å². The summed E-state index contributed by atoms with van der Waals surface area (Å²) in [6, 6.07) is 0. The highest BCUT2D eigenvalue weighted by Crippen LogP contribution is 2.20. The van der Waals surface area contributed by atoms with E-state index in [1.807, 2.05) is 27.7 Å². The molecule has 0 saturated heterocycles. The van der Waals surface area contributed by atoms with Gasteiger partial charge in [-0.3, -0.25) is 0 Å². The number of hydrogen-bond donors (Lipinski definition) is 0. The molecule has 0 aliphatic rings. The van der Waals surface area contributed by atoms with Crippen molar-refractivity contribution < 1.29 is 18.9 Å². The minimum atomic E-state index is -1.15. The standard InChI is InChI=1S/C11H23O4/c1-5-9-12-10-11(13-6-2,14-7-3)15-8-4/h10H,5-9H2,1-4H3. The summed E-state index contributed by atoms with van der Waals surface area (Å²) in [7, 11) is 0. The Morgan fingerprint density at radius 3 is 1.67 bits per heavy atom. The monoisotopic (exact) mass is 219 g/mol. The van der Waals surface area contributed by atoms with Crippen LogP contribution in [-0.4, -0.2) is 32.4 Å². The molecule has 0 fully saturated rings. The molecule has 4 nitrogen and oxygen atoms in total. The van der Waals surface area contributed by atoms with Crippen molar-refractivity contribution in [3.63, 3.8) is 0 Å². The molecule has 0 amide bonds. The van der Waals surface area contributed by atoms with Crippen molar-refractivity contribution in [3.05, 3.63) is 6.61 Å². The van der Waals surface area contributed by atoms with Gasteiger partial charge in [-0.15, -0.1) is 0 Å². The third-order valence-corrected chi connectivity index (χ3v) is 1.59. The normalized spacial score (nSPS) is 12.0. The van der Waals surface area contributed by atoms with Crippen LogP contribution >= 0.6 is 0 Å². The summed E-state index contributed by atoms with van der Waals surface area (Å²) in [6.45, 7) is 11.4. The smallest absolute Gasteiger partial charge is 0.313 e. The maximum absolute atomic E-state index is 5.43. The zero-order valence-corrected chi connectivity index (χ0v) is 10.2. The molecule has 0 spiro atoms. The quantitative estimate of drug-likeness (QED) is 0.417. The first-order valence-electron chi connectivity index (χ1n) is 5.62. The van der Waals surface area contributed by atoms with Crippen molar-refractivity contribution in [2.45, 2.75) is 40.1 Å². The molecule has 4 heteroatoms. The predicted octanol–water partition coefficient (Wildman–Crippen LogP) is 2.34. The molecule has 0 aromatic heterocycles. The molecule has 0 aliphatic heterocycles. The topological polar surface area (TPSA) is 36.9 Å². The second-order valence-electron chi connectivity index (χ2n) is 2.89. The summed E-state index contributed by atoms with van der Waals surface area (Å²) < 4.78 is 21.6. The molecule has 0 heterocycles. The molecule has 0 atom stereocenters. The van der Waals surface area contributed by atoms with Gasteiger partial charge >= 0.3 is 5.97 Å². The summed E-state index contributed by atoms with van der Waals surface area (Å²) in [5, 5.41) is 0. The van der Waals surface area contributed by atoms with Gasteiger partial charge in [0.15, 0.2) is 6.61 Å². The van der Waals surface area contributed by atoms with Gasteiger partial charge in [0.25, 0.3) is 0 Å². The van der Waals surface area contributed by atoms with Crippen LogP contribution in [-0.2, 0) is 18.9 Å². The molecule has 0 aliphatic carbocycles. The lowest BCUT2D eigenvalue weighted by molar-refractivity contribution is -0.371. The minimum absolute atomic E-state index is 0.506. The Morgan fingerprint density at radius 1 is 0.867 bits per heavy atom. The molecule has 0 aromatic rings. The Balaban J connectivity index is 4.18. The van der Waals surface area contributed by atoms with Crippen LogP contribution in [0.4, 0.5) is 0 Å². The fourth-order valence-corrected chi connectivity index (χ4v) is 1.11. The van der Waals surface area contributed by atoms with Gasteiger partial charge in [0.05, 0.1) is 0 Å². The van der Waals surface area contributed by atoms with Crippen LogP contribution in [0.5, 0.6) is 0 Å². The van der Waals surface area contributed by atoms with Gasteiger partial charge in [-0.2, -0.15) is 0 Å². The highest BCUT2D eigenvalue weighted by Gasteiger charge is 2.33. The van der Waals surface area contributed by atoms with Crippen molar-refractivity contribution in [1.29, 1.82) is 0 Å². The Kier molecular flexibility index (Phi) is 9.00. The van der Waals surface area contributed by atoms with Crippen LogP contribution < -0.4 is 0 Å². The van der Waals surface area contributed by atoms with E-state index in [-0.39, 0.29) is 0 Å². The lowest BCUT2D eigenvalue weighted by Gasteiger charge is -2.31. The van der Waals surface area contributed by atoms with E-state index in [2.05, 4.69) is 0 Å². The van der Waals surface area contributed by atoms with Gasteiger partial charge in [-0.05, 0) is 27.2 Å². The molecular formula is C11H23O4. The maximum Gasteiger partial charge on any atom is 0.313 e. The number of ether oxygens (including phenoxy) is 4. The first-order valence-corrected chi connectivity index (χ1v) is 5.62. The number of hydrogen-bond acceptors (Lipinski definition) is 4. The minimum Gasteiger partial charge on any atom is -0.367 e. The van der Waals surface area contributed by atoms with E-state index < -0.39 is 5.97 Å². The molecule has 0 unspecified atom stereocenters. The van der Waals surface area contributed by atoms with Gasteiger partial charge in [-0.1, -0.05) is 6.92 Å². The largest absolute Gasteiger partial charge is 0.367 e. The van der Waals surface area contributed by atoms with E-state index in [4.69, 9.17) is 18.9 Å². The van der Waals surface area contributed by atoms with E-state index in [1.54, 1.807) is 0 Å². The lowest BCUT2D eigenvalue weighted by Crippen LogP contribution is -2.40. The molecule has 91 valence electrons. The molecule has 0 bridgehead atoms. The highest BCUT2D eigenvalue weighted by atomic mass is 16.9. The Labute approximate surface area is 92.8 Å². The molecule has 0 rings (SSSR count). The van der Waals surface area contributed by atoms with Crippen molar-refractivity contribution in [2.24, 2.45) is 0 Å². The van der Waals surface area contributed by atoms with Crippen LogP contribution in [0.25, 0.3) is 0 Å². The van der Waals surface area contributed by atoms with Crippen LogP contribution in [0.2, 0.25) is 0 Å². The molecule has 0 aromatic carbocycles. The van der Waals surface area contributed by atoms with Crippen molar-refractivity contribution >= 4 is 0 Å². The average molecular weight is 219 g/mol. The van der Waals surface area contributed by atoms with Crippen LogP contribution in [0, 0.1) is 6.61 Å². The van der Waals surface area contributed by atoms with E-state index in [0.29, 0.717) is 26.4 Å². The van der Waals surface area contributed by atoms with Crippen molar-refractivity contribution in [3.8, 4) is 0 Å². The first kappa shape index (κ1) is 14.8. The second-order valence-corrected chi connectivity index (χ2v) is 2.89. The maximum atomic E-state index is 5.43. The summed E-state index contributed by atoms with van der Waals surface area (Å²) in [6.07, 6.45) is 0.941.